The number of fused-ring (bicyclic) bond motifs is 1. The van der Waals surface area contributed by atoms with Gasteiger partial charge in [-0.15, -0.1) is 10.2 Å². The average Bonchev–Trinajstić information content (AvgIpc) is 2.67. The number of hydrogen-bond donors (Lipinski definition) is 1. The summed E-state index contributed by atoms with van der Waals surface area (Å²) >= 11 is 0. The van der Waals surface area contributed by atoms with Gasteiger partial charge in [0.2, 0.25) is 0 Å². The lowest BCUT2D eigenvalue weighted by Crippen LogP contribution is -2.32. The molecule has 0 amide bonds. The smallest absolute Gasteiger partial charge is 0.271 e. The lowest BCUT2D eigenvalue weighted by molar-refractivity contribution is -0.384. The third-order valence-electron chi connectivity index (χ3n) is 4.60. The molecule has 1 spiro atoms. The number of nitro benzene ring substituents is 1. The SMILES string of the molecule is CCC1C=CC=CS12Nc1cc([N+](=O)[O-])ccc1C2(C)C. The van der Waals surface area contributed by atoms with Crippen molar-refractivity contribution in [3.8, 4) is 0 Å². The van der Waals surface area contributed by atoms with E-state index in [-0.39, 0.29) is 15.4 Å². The van der Waals surface area contributed by atoms with Crippen molar-refractivity contribution in [2.24, 2.45) is 0 Å². The van der Waals surface area contributed by atoms with Crippen molar-refractivity contribution in [2.75, 3.05) is 4.72 Å². The van der Waals surface area contributed by atoms with Crippen LogP contribution < -0.4 is 4.72 Å². The third-order valence-corrected chi connectivity index (χ3v) is 9.09. The lowest BCUT2D eigenvalue weighted by Gasteiger charge is -2.50. The number of benzene rings is 1. The van der Waals surface area contributed by atoms with Crippen molar-refractivity contribution in [3.05, 3.63) is 57.5 Å². The van der Waals surface area contributed by atoms with Crippen LogP contribution in [0.15, 0.2) is 41.8 Å². The molecule has 1 N–H and O–H groups in total. The average molecular weight is 304 g/mol. The van der Waals surface area contributed by atoms with Gasteiger partial charge in [-0.2, -0.15) is 0 Å². The van der Waals surface area contributed by atoms with E-state index in [1.54, 1.807) is 12.1 Å². The number of allylic oxidation sites excluding steroid dienone is 2. The number of nitrogens with zero attached hydrogens (tertiary/aromatic N) is 1. The Kier molecular flexibility index (Phi) is 3.13. The quantitative estimate of drug-likeness (QED) is 0.628. The first-order chi connectivity index (χ1) is 9.92. The molecule has 4 nitrogen and oxygen atoms in total. The zero-order valence-electron chi connectivity index (χ0n) is 12.5. The first kappa shape index (κ1) is 14.2. The van der Waals surface area contributed by atoms with Crippen molar-refractivity contribution >= 4 is 21.6 Å². The number of nitrogens with one attached hydrogen (secondary N) is 1. The number of nitro groups is 1. The highest BCUT2D eigenvalue weighted by Gasteiger charge is 2.50. The fraction of sp³-hybridized carbons (Fsp3) is 0.375. The van der Waals surface area contributed by atoms with Crippen LogP contribution in [0.3, 0.4) is 0 Å². The van der Waals surface area contributed by atoms with Crippen LogP contribution in [0.4, 0.5) is 11.4 Å². The van der Waals surface area contributed by atoms with Crippen LogP contribution >= 0.6 is 10.2 Å². The molecule has 0 aliphatic carbocycles. The largest absolute Gasteiger partial charge is 0.342 e. The predicted molar refractivity (Wildman–Crippen MR) is 89.7 cm³/mol. The molecule has 0 bridgehead atoms. The van der Waals surface area contributed by atoms with Crippen LogP contribution in [0.5, 0.6) is 0 Å². The van der Waals surface area contributed by atoms with Gasteiger partial charge in [0.25, 0.3) is 5.69 Å². The van der Waals surface area contributed by atoms with Gasteiger partial charge in [0.1, 0.15) is 0 Å². The van der Waals surface area contributed by atoms with Crippen molar-refractivity contribution < 1.29 is 4.92 Å². The maximum atomic E-state index is 11.0. The monoisotopic (exact) mass is 304 g/mol. The minimum atomic E-state index is -1.27. The van der Waals surface area contributed by atoms with Gasteiger partial charge >= 0.3 is 0 Å². The summed E-state index contributed by atoms with van der Waals surface area (Å²) in [7, 11) is -1.27. The van der Waals surface area contributed by atoms with E-state index in [0.717, 1.165) is 12.1 Å². The second-order valence-electron chi connectivity index (χ2n) is 5.97. The van der Waals surface area contributed by atoms with Gasteiger partial charge < -0.3 is 4.72 Å². The van der Waals surface area contributed by atoms with E-state index in [2.05, 4.69) is 49.1 Å². The number of non-ortho nitro benzene ring substituents is 1. The Morgan fingerprint density at radius 2 is 2.14 bits per heavy atom. The van der Waals surface area contributed by atoms with E-state index in [1.807, 2.05) is 6.07 Å². The highest BCUT2D eigenvalue weighted by atomic mass is 32.3. The molecule has 2 unspecified atom stereocenters. The Bertz CT molecular complexity index is 666. The third kappa shape index (κ3) is 1.83. The molecule has 1 aromatic rings. The second kappa shape index (κ2) is 4.63. The fourth-order valence-electron chi connectivity index (χ4n) is 3.39. The molecule has 2 heterocycles. The first-order valence-electron chi connectivity index (χ1n) is 7.16. The van der Waals surface area contributed by atoms with E-state index in [1.165, 1.54) is 5.56 Å². The van der Waals surface area contributed by atoms with Gasteiger partial charge in [0.15, 0.2) is 0 Å². The summed E-state index contributed by atoms with van der Waals surface area (Å²) in [6.45, 7) is 6.70. The Hall–Kier alpha value is -1.75. The van der Waals surface area contributed by atoms with Crippen molar-refractivity contribution in [1.82, 2.24) is 0 Å². The molecule has 3 rings (SSSR count). The molecule has 5 heteroatoms. The van der Waals surface area contributed by atoms with E-state index in [9.17, 15) is 10.1 Å². The lowest BCUT2D eigenvalue weighted by atomic mass is 10.0. The summed E-state index contributed by atoms with van der Waals surface area (Å²) in [5.41, 5.74) is 2.25. The minimum Gasteiger partial charge on any atom is -0.342 e. The zero-order chi connectivity index (χ0) is 15.3. The molecule has 0 saturated heterocycles. The van der Waals surface area contributed by atoms with Crippen LogP contribution in [0, 0.1) is 10.1 Å². The predicted octanol–water partition coefficient (Wildman–Crippen LogP) is 4.84. The molecule has 0 fully saturated rings. The maximum Gasteiger partial charge on any atom is 0.271 e. The number of rotatable bonds is 2. The second-order valence-corrected chi connectivity index (χ2v) is 9.49. The Labute approximate surface area is 126 Å². The number of anilines is 1. The van der Waals surface area contributed by atoms with Crippen molar-refractivity contribution in [2.45, 2.75) is 37.2 Å². The van der Waals surface area contributed by atoms with Gasteiger partial charge in [0, 0.05) is 22.1 Å². The van der Waals surface area contributed by atoms with E-state index in [4.69, 9.17) is 0 Å². The number of hydrogen-bond acceptors (Lipinski definition) is 3. The molecule has 112 valence electrons. The summed E-state index contributed by atoms with van der Waals surface area (Å²) in [4.78, 5) is 10.7. The molecule has 0 saturated carbocycles. The normalized spacial score (nSPS) is 31.5. The van der Waals surface area contributed by atoms with Crippen LogP contribution in [-0.2, 0) is 4.75 Å². The van der Waals surface area contributed by atoms with Gasteiger partial charge in [-0.05, 0) is 37.3 Å². The topological polar surface area (TPSA) is 55.2 Å². The summed E-state index contributed by atoms with van der Waals surface area (Å²) in [6.07, 6.45) is 7.54. The summed E-state index contributed by atoms with van der Waals surface area (Å²) in [5, 5.41) is 13.8. The van der Waals surface area contributed by atoms with E-state index in [0.29, 0.717) is 5.25 Å². The molecule has 2 aliphatic rings. The molecule has 2 atom stereocenters. The van der Waals surface area contributed by atoms with Crippen molar-refractivity contribution in [3.63, 3.8) is 0 Å². The highest BCUT2D eigenvalue weighted by molar-refractivity contribution is 8.38. The first-order valence-corrected chi connectivity index (χ1v) is 8.91. The molecule has 1 aromatic carbocycles. The van der Waals surface area contributed by atoms with Gasteiger partial charge in [0.05, 0.1) is 10.6 Å². The Balaban J connectivity index is 2.14. The maximum absolute atomic E-state index is 11.0. The van der Waals surface area contributed by atoms with Crippen molar-refractivity contribution in [1.29, 1.82) is 0 Å². The highest BCUT2D eigenvalue weighted by Crippen LogP contribution is 2.74. The summed E-state index contributed by atoms with van der Waals surface area (Å²) < 4.78 is 3.63. The Morgan fingerprint density at radius 3 is 2.81 bits per heavy atom. The molecule has 0 aromatic heterocycles. The summed E-state index contributed by atoms with van der Waals surface area (Å²) in [5.74, 6) is 0. The van der Waals surface area contributed by atoms with Crippen LogP contribution in [-0.4, -0.2) is 10.2 Å². The van der Waals surface area contributed by atoms with Gasteiger partial charge in [-0.3, -0.25) is 10.1 Å². The van der Waals surface area contributed by atoms with Crippen LogP contribution in [0.2, 0.25) is 0 Å². The molecular formula is C16H20N2O2S. The standard InChI is InChI=1S/C16H20N2O2S/c1-4-13-7-5-6-10-21(13)16(2,3)14-9-8-12(18(19)20)11-15(14)17-21/h5-11,13,17H,4H2,1-3H3. The van der Waals surface area contributed by atoms with Gasteiger partial charge in [-0.1, -0.05) is 25.2 Å². The van der Waals surface area contributed by atoms with E-state index >= 15 is 0 Å². The molecule has 0 radical (unpaired) electrons. The van der Waals surface area contributed by atoms with Crippen LogP contribution in [0.25, 0.3) is 0 Å². The Morgan fingerprint density at radius 1 is 1.38 bits per heavy atom. The fourth-order valence-corrected chi connectivity index (χ4v) is 7.44. The van der Waals surface area contributed by atoms with Gasteiger partial charge in [-0.25, -0.2) is 0 Å². The zero-order valence-corrected chi connectivity index (χ0v) is 13.3. The van der Waals surface area contributed by atoms with Crippen LogP contribution in [0.1, 0.15) is 32.8 Å². The van der Waals surface area contributed by atoms with E-state index < -0.39 is 10.2 Å². The minimum absolute atomic E-state index is 0.0423. The summed E-state index contributed by atoms with van der Waals surface area (Å²) in [6, 6.07) is 5.21. The molecular weight excluding hydrogens is 284 g/mol. The molecule has 21 heavy (non-hydrogen) atoms. The molecule has 2 aliphatic heterocycles.